The van der Waals surface area contributed by atoms with Crippen molar-refractivity contribution < 1.29 is 19.1 Å². The van der Waals surface area contributed by atoms with Gasteiger partial charge in [-0.05, 0) is 12.1 Å². The molecule has 1 aromatic carbocycles. The molecule has 114 valence electrons. The summed E-state index contributed by atoms with van der Waals surface area (Å²) in [6.07, 6.45) is 0.862. The summed E-state index contributed by atoms with van der Waals surface area (Å²) in [5.74, 6) is -0.331. The molecular formula is C15H15N3O4. The Morgan fingerprint density at radius 2 is 2.18 bits per heavy atom. The standard InChI is InChI=1S/C15H15N3O4/c1-21-15(20)10-5-2-3-6-11(10)16-14(19)12-9-13-18(17-12)7-4-8-22-13/h2-3,5-6,9H,4,7-8H2,1H3,(H,16,19). The summed E-state index contributed by atoms with van der Waals surface area (Å²) in [7, 11) is 1.29. The number of anilines is 1. The van der Waals surface area contributed by atoms with Gasteiger partial charge in [0.1, 0.15) is 0 Å². The maximum absolute atomic E-state index is 12.3. The normalized spacial score (nSPS) is 13.0. The lowest BCUT2D eigenvalue weighted by atomic mass is 10.1. The van der Waals surface area contributed by atoms with E-state index in [4.69, 9.17) is 9.47 Å². The third-order valence-electron chi connectivity index (χ3n) is 3.32. The van der Waals surface area contributed by atoms with Gasteiger partial charge in [0.15, 0.2) is 5.69 Å². The first-order valence-corrected chi connectivity index (χ1v) is 6.88. The van der Waals surface area contributed by atoms with Crippen LogP contribution in [0.1, 0.15) is 27.3 Å². The second kappa shape index (κ2) is 5.88. The first-order chi connectivity index (χ1) is 10.7. The molecule has 7 heteroatoms. The van der Waals surface area contributed by atoms with E-state index >= 15 is 0 Å². The van der Waals surface area contributed by atoms with Crippen molar-refractivity contribution in [2.45, 2.75) is 13.0 Å². The van der Waals surface area contributed by atoms with E-state index in [1.165, 1.54) is 7.11 Å². The van der Waals surface area contributed by atoms with Crippen LogP contribution in [0.2, 0.25) is 0 Å². The number of benzene rings is 1. The smallest absolute Gasteiger partial charge is 0.339 e. The number of carbonyl (C=O) groups is 2. The van der Waals surface area contributed by atoms with E-state index in [9.17, 15) is 9.59 Å². The summed E-state index contributed by atoms with van der Waals surface area (Å²) in [6.45, 7) is 1.35. The second-order valence-electron chi connectivity index (χ2n) is 4.78. The van der Waals surface area contributed by atoms with Crippen LogP contribution in [0.15, 0.2) is 30.3 Å². The molecule has 0 radical (unpaired) electrons. The third-order valence-corrected chi connectivity index (χ3v) is 3.32. The Hall–Kier alpha value is -2.83. The molecule has 1 N–H and O–H groups in total. The Kier molecular flexibility index (Phi) is 3.78. The van der Waals surface area contributed by atoms with Crippen LogP contribution in [-0.4, -0.2) is 35.4 Å². The Morgan fingerprint density at radius 3 is 2.95 bits per heavy atom. The van der Waals surface area contributed by atoms with Crippen LogP contribution in [0.3, 0.4) is 0 Å². The van der Waals surface area contributed by atoms with Crippen molar-refractivity contribution in [3.63, 3.8) is 0 Å². The number of aryl methyl sites for hydroxylation is 1. The van der Waals surface area contributed by atoms with E-state index in [1.54, 1.807) is 35.0 Å². The van der Waals surface area contributed by atoms with Gasteiger partial charge in [0, 0.05) is 19.0 Å². The van der Waals surface area contributed by atoms with Gasteiger partial charge in [-0.15, -0.1) is 0 Å². The number of ether oxygens (including phenoxy) is 2. The number of hydrogen-bond acceptors (Lipinski definition) is 5. The van der Waals surface area contributed by atoms with E-state index in [0.29, 0.717) is 23.7 Å². The summed E-state index contributed by atoms with van der Waals surface area (Å²) in [4.78, 5) is 24.0. The molecule has 7 nitrogen and oxygen atoms in total. The van der Waals surface area contributed by atoms with E-state index in [-0.39, 0.29) is 5.69 Å². The SMILES string of the molecule is COC(=O)c1ccccc1NC(=O)c1cc2n(n1)CCCO2. The number of amides is 1. The number of nitrogens with one attached hydrogen (secondary N) is 1. The van der Waals surface area contributed by atoms with Crippen LogP contribution in [0.5, 0.6) is 5.88 Å². The molecule has 1 aliphatic heterocycles. The number of methoxy groups -OCH3 is 1. The summed E-state index contributed by atoms with van der Waals surface area (Å²) < 4.78 is 11.8. The quantitative estimate of drug-likeness (QED) is 0.873. The van der Waals surface area contributed by atoms with E-state index in [0.717, 1.165) is 13.0 Å². The lowest BCUT2D eigenvalue weighted by Gasteiger charge is -2.13. The van der Waals surface area contributed by atoms with Crippen LogP contribution < -0.4 is 10.1 Å². The maximum Gasteiger partial charge on any atom is 0.339 e. The highest BCUT2D eigenvalue weighted by Crippen LogP contribution is 2.21. The topological polar surface area (TPSA) is 82.5 Å². The van der Waals surface area contributed by atoms with Gasteiger partial charge >= 0.3 is 5.97 Å². The molecular weight excluding hydrogens is 286 g/mol. The monoisotopic (exact) mass is 301 g/mol. The van der Waals surface area contributed by atoms with Crippen LogP contribution in [0.4, 0.5) is 5.69 Å². The van der Waals surface area contributed by atoms with Gasteiger partial charge in [-0.1, -0.05) is 12.1 Å². The molecule has 22 heavy (non-hydrogen) atoms. The molecule has 1 amide bonds. The van der Waals surface area contributed by atoms with Crippen molar-refractivity contribution in [1.29, 1.82) is 0 Å². The van der Waals surface area contributed by atoms with Crippen molar-refractivity contribution >= 4 is 17.6 Å². The molecule has 0 unspecified atom stereocenters. The Morgan fingerprint density at radius 1 is 1.36 bits per heavy atom. The highest BCUT2D eigenvalue weighted by atomic mass is 16.5. The molecule has 2 heterocycles. The predicted molar refractivity (Wildman–Crippen MR) is 78.1 cm³/mol. The zero-order valence-corrected chi connectivity index (χ0v) is 12.0. The van der Waals surface area contributed by atoms with Crippen molar-refractivity contribution in [3.05, 3.63) is 41.6 Å². The van der Waals surface area contributed by atoms with Crippen LogP contribution in [0, 0.1) is 0 Å². The van der Waals surface area contributed by atoms with Gasteiger partial charge < -0.3 is 14.8 Å². The van der Waals surface area contributed by atoms with Gasteiger partial charge in [0.2, 0.25) is 5.88 Å². The fourth-order valence-electron chi connectivity index (χ4n) is 2.24. The molecule has 0 spiro atoms. The minimum Gasteiger partial charge on any atom is -0.478 e. The summed E-state index contributed by atoms with van der Waals surface area (Å²) in [6, 6.07) is 8.24. The highest BCUT2D eigenvalue weighted by Gasteiger charge is 2.19. The number of rotatable bonds is 3. The number of fused-ring (bicyclic) bond motifs is 1. The summed E-state index contributed by atoms with van der Waals surface area (Å²) >= 11 is 0. The van der Waals surface area contributed by atoms with Crippen molar-refractivity contribution in [2.24, 2.45) is 0 Å². The van der Waals surface area contributed by atoms with E-state index < -0.39 is 11.9 Å². The van der Waals surface area contributed by atoms with Gasteiger partial charge in [-0.25, -0.2) is 9.48 Å². The van der Waals surface area contributed by atoms with Crippen LogP contribution in [-0.2, 0) is 11.3 Å². The second-order valence-corrected chi connectivity index (χ2v) is 4.78. The minimum absolute atomic E-state index is 0.247. The Labute approximate surface area is 126 Å². The fourth-order valence-corrected chi connectivity index (χ4v) is 2.24. The van der Waals surface area contributed by atoms with E-state index in [1.807, 2.05) is 0 Å². The van der Waals surface area contributed by atoms with Gasteiger partial charge in [-0.3, -0.25) is 4.79 Å². The number of esters is 1. The molecule has 3 rings (SSSR count). The lowest BCUT2D eigenvalue weighted by molar-refractivity contribution is 0.0602. The highest BCUT2D eigenvalue weighted by molar-refractivity contribution is 6.07. The van der Waals surface area contributed by atoms with Crippen molar-refractivity contribution in [3.8, 4) is 5.88 Å². The van der Waals surface area contributed by atoms with Gasteiger partial charge in [0.05, 0.1) is 25.0 Å². The van der Waals surface area contributed by atoms with Gasteiger partial charge in [0.25, 0.3) is 5.91 Å². The number of aromatic nitrogens is 2. The number of hydrogen-bond donors (Lipinski definition) is 1. The lowest BCUT2D eigenvalue weighted by Crippen LogP contribution is -2.17. The molecule has 2 aromatic rings. The average Bonchev–Trinajstić information content (AvgIpc) is 2.99. The largest absolute Gasteiger partial charge is 0.478 e. The zero-order valence-electron chi connectivity index (χ0n) is 12.0. The maximum atomic E-state index is 12.3. The van der Waals surface area contributed by atoms with E-state index in [2.05, 4.69) is 10.4 Å². The molecule has 0 bridgehead atoms. The molecule has 0 fully saturated rings. The van der Waals surface area contributed by atoms with Crippen molar-refractivity contribution in [2.75, 3.05) is 19.0 Å². The minimum atomic E-state index is -0.511. The molecule has 1 aromatic heterocycles. The molecule has 1 aliphatic rings. The fraction of sp³-hybridized carbons (Fsp3) is 0.267. The first-order valence-electron chi connectivity index (χ1n) is 6.88. The number of nitrogens with zero attached hydrogens (tertiary/aromatic N) is 2. The van der Waals surface area contributed by atoms with Gasteiger partial charge in [-0.2, -0.15) is 5.10 Å². The summed E-state index contributed by atoms with van der Waals surface area (Å²) in [5.41, 5.74) is 0.918. The molecule has 0 saturated heterocycles. The van der Waals surface area contributed by atoms with Crippen LogP contribution in [0.25, 0.3) is 0 Å². The summed E-state index contributed by atoms with van der Waals surface area (Å²) in [5, 5.41) is 6.89. The Balaban J connectivity index is 1.83. The predicted octanol–water partition coefficient (Wildman–Crippen LogP) is 1.70. The molecule has 0 saturated carbocycles. The average molecular weight is 301 g/mol. The van der Waals surface area contributed by atoms with Crippen molar-refractivity contribution in [1.82, 2.24) is 9.78 Å². The molecule has 0 atom stereocenters. The first kappa shape index (κ1) is 14.1. The zero-order chi connectivity index (χ0) is 15.5. The molecule has 0 aliphatic carbocycles. The van der Waals surface area contributed by atoms with Crippen LogP contribution >= 0.6 is 0 Å². The number of carbonyl (C=O) groups excluding carboxylic acids is 2. The Bertz CT molecular complexity index is 700. The third kappa shape index (κ3) is 2.65. The number of para-hydroxylation sites is 1.